The summed E-state index contributed by atoms with van der Waals surface area (Å²) in [7, 11) is -9.10. The molecule has 0 aromatic heterocycles. The molecule has 27 atom stereocenters. The van der Waals surface area contributed by atoms with E-state index in [0.29, 0.717) is 7.04 Å². The van der Waals surface area contributed by atoms with E-state index in [1.165, 1.54) is 13.8 Å². The van der Waals surface area contributed by atoms with Gasteiger partial charge in [0.25, 0.3) is 8.32 Å². The van der Waals surface area contributed by atoms with Gasteiger partial charge in [-0.15, -0.1) is 0 Å². The summed E-state index contributed by atoms with van der Waals surface area (Å²) < 4.78 is 128. The molecule has 0 spiro atoms. The Labute approximate surface area is 795 Å². The van der Waals surface area contributed by atoms with Crippen LogP contribution in [0.15, 0.2) is 258 Å². The van der Waals surface area contributed by atoms with E-state index in [0.717, 1.165) is 43.7 Å². The number of carbonyl (C=O) groups excluding carboxylic acids is 1. The van der Waals surface area contributed by atoms with E-state index < -0.39 is 211 Å². The topological polar surface area (TPSA) is 367 Å². The van der Waals surface area contributed by atoms with E-state index in [2.05, 4.69) is 165 Å². The Hall–Kier alpha value is -8.07. The first-order valence-corrected chi connectivity index (χ1v) is 54.1. The molecule has 5 aliphatic heterocycles. The van der Waals surface area contributed by atoms with Crippen LogP contribution in [0.25, 0.3) is 31.3 Å². The average molecular weight is 1910 g/mol. The van der Waals surface area contributed by atoms with Crippen molar-refractivity contribution < 1.29 is 89.8 Å². The summed E-state index contributed by atoms with van der Waals surface area (Å²) in [5, 5.41) is 41.9. The quantitative estimate of drug-likeness (QED) is 0.00902. The van der Waals surface area contributed by atoms with Crippen molar-refractivity contribution in [1.29, 1.82) is 0 Å². The minimum absolute atomic E-state index is 0.0154. The molecule has 5 fully saturated rings. The molecule has 0 saturated carbocycles. The molecule has 12 unspecified atom stereocenters. The van der Waals surface area contributed by atoms with Gasteiger partial charge in [-0.25, -0.2) is 0 Å². The number of hydrogen-bond acceptors (Lipinski definition) is 22. The van der Waals surface area contributed by atoms with Gasteiger partial charge in [0.05, 0.1) is 6.61 Å². The number of rotatable bonds is 39. The van der Waals surface area contributed by atoms with Crippen LogP contribution in [0.5, 0.6) is 0 Å². The number of azide groups is 3. The van der Waals surface area contributed by atoms with Gasteiger partial charge in [-0.2, -0.15) is 0 Å². The fourth-order valence-corrected chi connectivity index (χ4v) is 36.6. The van der Waals surface area contributed by atoms with Gasteiger partial charge in [0, 0.05) is 4.91 Å². The van der Waals surface area contributed by atoms with Gasteiger partial charge >= 0.3 is 601 Å². The summed E-state index contributed by atoms with van der Waals surface area (Å²) in [6, 6.07) is 75.5. The molecule has 13 rings (SSSR count). The molecule has 0 bridgehead atoms. The predicted molar refractivity (Wildman–Crippen MR) is 528 cm³/mol. The third kappa shape index (κ3) is 22.7. The van der Waals surface area contributed by atoms with Crippen molar-refractivity contribution >= 4 is 107 Å². The van der Waals surface area contributed by atoms with Gasteiger partial charge in [0.1, 0.15) is 6.10 Å². The zero-order valence-electron chi connectivity index (χ0n) is 78.4. The van der Waals surface area contributed by atoms with Crippen LogP contribution in [-0.4, -0.2) is 230 Å². The van der Waals surface area contributed by atoms with Gasteiger partial charge in [-0.05, 0) is 39.0 Å². The first-order valence-electron chi connectivity index (χ1n) is 46.0. The standard InChI is InChI=1S/C97H123B4N9O19P2Si3/c1-61-76(58-117-132(95(6,7)8,68-43-27-17-28-44-68)69-45-29-18-30-46-69)123-93(81(107-110-104)88(61)130-100-98-114)126-83-63(3)85(125-90(113)67-41-25-16-26-42-67)94(122-74(83)55-111)127-82-62(2)79(105-108-102)92(124-77(82)59-118-133(96(9,10)11,70-47-31-19-32-48-70)71-49-33-20-34-50-71)128-86-75(56-112)121-91(64(4)84(86)116-57-66-39-23-15-24-40-66)129-87-78(120-65(5)80(106-109-103)89(87)131-101-99-115)60-119-134(97(12,13)14,72-51-35-21-36-52-72)73-53-37-22-38-54-73/h15-54,61-65,74-89,91-94,111-112,130-131H,55-60H2,1-14H3/t61-,62-,63+,64+,65-,74?,75?,76?,77?,78?,79?,80?,81?,82+,83+,84?,85?,86-,87-,88+,89-,91+,92+,93+,94+/m1/s1. The fourth-order valence-electron chi connectivity index (χ4n) is 20.3. The molecule has 2 N–H and O–H groups in total. The number of aliphatic hydroxyl groups excluding tert-OH is 2. The zero-order chi connectivity index (χ0) is 95.5. The van der Waals surface area contributed by atoms with Crippen LogP contribution in [0.2, 0.25) is 15.1 Å². The van der Waals surface area contributed by atoms with Crippen LogP contribution in [-0.2, 0) is 81.4 Å². The van der Waals surface area contributed by atoms with E-state index >= 15 is 4.79 Å². The third-order valence-electron chi connectivity index (χ3n) is 27.0. The molecule has 5 saturated heterocycles. The normalized spacial score (nSPS) is 29.4. The van der Waals surface area contributed by atoms with Crippen molar-refractivity contribution in [3.63, 3.8) is 0 Å². The van der Waals surface area contributed by atoms with Crippen molar-refractivity contribution in [2.24, 2.45) is 39.0 Å². The number of nitrogens with zero attached hydrogens (tertiary/aromatic N) is 9. The molecule has 0 amide bonds. The first-order chi connectivity index (χ1) is 64.6. The molecule has 0 aliphatic carbocycles. The molecule has 8 aromatic rings. The van der Waals surface area contributed by atoms with Crippen LogP contribution in [0, 0.1) is 23.7 Å². The predicted octanol–water partition coefficient (Wildman–Crippen LogP) is 13.6. The Kier molecular flexibility index (Phi) is 36.3. The summed E-state index contributed by atoms with van der Waals surface area (Å²) in [5.41, 5.74) is 31.7. The van der Waals surface area contributed by atoms with Crippen LogP contribution in [0.3, 0.4) is 0 Å². The summed E-state index contributed by atoms with van der Waals surface area (Å²) in [6.45, 7) is 30.2. The summed E-state index contributed by atoms with van der Waals surface area (Å²) >= 11 is 0. The molecular weight excluding hydrogens is 1780 g/mol. The molecule has 5 heterocycles. The summed E-state index contributed by atoms with van der Waals surface area (Å²) in [4.78, 5) is 25.3. The second kappa shape index (κ2) is 47.1. The van der Waals surface area contributed by atoms with Crippen molar-refractivity contribution in [2.45, 2.75) is 247 Å². The van der Waals surface area contributed by atoms with Crippen molar-refractivity contribution in [3.05, 3.63) is 285 Å². The van der Waals surface area contributed by atoms with Crippen LogP contribution >= 0.6 is 16.9 Å². The summed E-state index contributed by atoms with van der Waals surface area (Å²) in [5.74, 6) is -3.95. The average Bonchev–Trinajstić information content (AvgIpc) is 0.746. The van der Waals surface area contributed by atoms with E-state index in [1.54, 1.807) is 37.3 Å². The van der Waals surface area contributed by atoms with Gasteiger partial charge in [0.2, 0.25) is 0 Å². The molecule has 704 valence electrons. The van der Waals surface area contributed by atoms with Crippen LogP contribution < -0.4 is 31.1 Å². The minimum Gasteiger partial charge on any atom is -0.0622 e. The minimum atomic E-state index is -3.56. The molecule has 8 aromatic carbocycles. The molecule has 5 aliphatic rings. The second-order valence-electron chi connectivity index (χ2n) is 38.3. The van der Waals surface area contributed by atoms with Crippen molar-refractivity contribution in [2.75, 3.05) is 33.0 Å². The molecule has 2 radical (unpaired) electrons. The van der Waals surface area contributed by atoms with E-state index in [4.69, 9.17) is 65.4 Å². The number of ether oxygens (including phenoxy) is 11. The van der Waals surface area contributed by atoms with Gasteiger partial charge in [-0.1, -0.05) is 130 Å². The molecule has 28 nitrogen and oxygen atoms in total. The van der Waals surface area contributed by atoms with E-state index in [9.17, 15) is 36.2 Å². The third-order valence-corrected chi connectivity index (χ3v) is 45.0. The van der Waals surface area contributed by atoms with Gasteiger partial charge in [-0.3, -0.25) is 0 Å². The molecule has 37 heteroatoms. The summed E-state index contributed by atoms with van der Waals surface area (Å²) in [6.07, 6.45) is -19.3. The van der Waals surface area contributed by atoms with Crippen molar-refractivity contribution in [3.8, 4) is 0 Å². The molecular formula is C97H123B4N9O19P2Si3. The first kappa shape index (κ1) is 103. The Morgan fingerprint density at radius 2 is 0.724 bits per heavy atom. The van der Waals surface area contributed by atoms with Gasteiger partial charge in [0.15, 0.2) is 0 Å². The molecule has 134 heavy (non-hydrogen) atoms. The number of carbonyl (C=O) groups is 1. The SMILES string of the molecule is C[C@@H]1C(N=[N+]=[N-])[C@H](O[C@@H]2C(CO)O[C@@H](O[C@@H]3C(CO[Si](c4ccccc4)(c4ccccc4)C(C)(C)C)O[C@H](C)C(N=[N+]=[N-])[C@H]3P[B]B=O)[C@@H](C)C2OCc2ccccc2)OC(CO[Si](c2ccccc2)(c2ccccc2)C(C)(C)C)[C@H]1O[C@@H]1OC(CO)[C@@H](O[C@@H]2OC(CO[Si](c3ccccc3)(c3ccccc3)C(C)(C)C)[C@@H](C)[C@H](P[B]B=O)C2N=[N+]=[N-])[C@H](C)C1OC(=O)c1ccccc1. The Bertz CT molecular complexity index is 5110. The fraction of sp³-hybridized carbons (Fsp3) is 0.495. The van der Waals surface area contributed by atoms with E-state index in [1.807, 2.05) is 167 Å². The van der Waals surface area contributed by atoms with E-state index in [-0.39, 0.29) is 48.9 Å². The van der Waals surface area contributed by atoms with Crippen LogP contribution in [0.1, 0.15) is 113 Å². The van der Waals surface area contributed by atoms with Crippen LogP contribution in [0.4, 0.5) is 0 Å². The maximum absolute atomic E-state index is 15.1. The van der Waals surface area contributed by atoms with Crippen molar-refractivity contribution in [1.82, 2.24) is 0 Å². The number of esters is 1. The maximum atomic E-state index is 15.1. The monoisotopic (exact) mass is 1910 g/mol. The second-order valence-corrected chi connectivity index (χ2v) is 53.8. The Morgan fingerprint density at radius 1 is 0.381 bits per heavy atom. The smallest absolute Gasteiger partial charge is 0.0622 e. The Balaban J connectivity index is 0.880. The zero-order valence-corrected chi connectivity index (χ0v) is 83.4. The van der Waals surface area contributed by atoms with Gasteiger partial charge < -0.3 is 4.43 Å². The number of benzene rings is 8. The number of aliphatic hydroxyl groups is 2. The number of hydrogen-bond donors (Lipinski definition) is 2. The Morgan fingerprint density at radius 3 is 1.16 bits per heavy atom.